The highest BCUT2D eigenvalue weighted by Crippen LogP contribution is 2.20. The summed E-state index contributed by atoms with van der Waals surface area (Å²) in [6, 6.07) is 8.03. The number of aromatic nitrogens is 1. The predicted molar refractivity (Wildman–Crippen MR) is 57.5 cm³/mol. The van der Waals surface area contributed by atoms with E-state index in [1.165, 1.54) is 19.2 Å². The number of rotatable bonds is 2. The van der Waals surface area contributed by atoms with Crippen molar-refractivity contribution in [3.63, 3.8) is 0 Å². The quantitative estimate of drug-likeness (QED) is 0.789. The van der Waals surface area contributed by atoms with Crippen molar-refractivity contribution >= 4 is 5.97 Å². The number of esters is 1. The van der Waals surface area contributed by atoms with Crippen molar-refractivity contribution in [2.45, 2.75) is 0 Å². The predicted octanol–water partition coefficient (Wildman–Crippen LogP) is 2.61. The van der Waals surface area contributed by atoms with E-state index >= 15 is 0 Å². The van der Waals surface area contributed by atoms with E-state index in [1.54, 1.807) is 12.3 Å². The highest BCUT2D eigenvalue weighted by molar-refractivity contribution is 5.90. The largest absolute Gasteiger partial charge is 0.465 e. The van der Waals surface area contributed by atoms with Crippen molar-refractivity contribution in [2.24, 2.45) is 0 Å². The standard InChI is InChI=1S/C12H10FNO2/c1-16-12(15)9-5-4-8(7-10(9)13)11-3-2-6-14-11/h2-7,14H,1H3. The van der Waals surface area contributed by atoms with Gasteiger partial charge in [-0.15, -0.1) is 0 Å². The van der Waals surface area contributed by atoms with Gasteiger partial charge in [-0.05, 0) is 24.3 Å². The minimum absolute atomic E-state index is 0.0576. The molecule has 1 aromatic carbocycles. The van der Waals surface area contributed by atoms with Gasteiger partial charge in [-0.25, -0.2) is 9.18 Å². The summed E-state index contributed by atoms with van der Waals surface area (Å²) >= 11 is 0. The second-order valence-electron chi connectivity index (χ2n) is 3.27. The van der Waals surface area contributed by atoms with Crippen LogP contribution < -0.4 is 0 Å². The van der Waals surface area contributed by atoms with Crippen molar-refractivity contribution < 1.29 is 13.9 Å². The summed E-state index contributed by atoms with van der Waals surface area (Å²) in [6.07, 6.45) is 1.75. The average Bonchev–Trinajstić information content (AvgIpc) is 2.81. The molecule has 82 valence electrons. The topological polar surface area (TPSA) is 42.1 Å². The molecule has 0 aliphatic rings. The molecule has 1 heterocycles. The first-order chi connectivity index (χ1) is 7.72. The van der Waals surface area contributed by atoms with Crippen LogP contribution >= 0.6 is 0 Å². The molecule has 0 aliphatic carbocycles. The Morgan fingerprint density at radius 3 is 2.75 bits per heavy atom. The smallest absolute Gasteiger partial charge is 0.340 e. The molecule has 0 saturated carbocycles. The lowest BCUT2D eigenvalue weighted by Gasteiger charge is -2.03. The van der Waals surface area contributed by atoms with Crippen LogP contribution in [0.1, 0.15) is 10.4 Å². The number of methoxy groups -OCH3 is 1. The number of nitrogens with one attached hydrogen (secondary N) is 1. The first kappa shape index (κ1) is 10.4. The van der Waals surface area contributed by atoms with Crippen molar-refractivity contribution in [3.8, 4) is 11.3 Å². The van der Waals surface area contributed by atoms with Gasteiger partial charge in [-0.3, -0.25) is 0 Å². The summed E-state index contributed by atoms with van der Waals surface area (Å²) in [4.78, 5) is 14.1. The number of carbonyl (C=O) groups is 1. The SMILES string of the molecule is COC(=O)c1ccc(-c2ccc[nH]2)cc1F. The average molecular weight is 219 g/mol. The maximum absolute atomic E-state index is 13.6. The van der Waals surface area contributed by atoms with Crippen molar-refractivity contribution in [1.82, 2.24) is 4.98 Å². The van der Waals surface area contributed by atoms with Gasteiger partial charge in [0.25, 0.3) is 0 Å². The molecule has 2 rings (SSSR count). The van der Waals surface area contributed by atoms with E-state index in [0.717, 1.165) is 5.69 Å². The lowest BCUT2D eigenvalue weighted by molar-refractivity contribution is 0.0595. The summed E-state index contributed by atoms with van der Waals surface area (Å²) in [6.45, 7) is 0. The van der Waals surface area contributed by atoms with E-state index in [0.29, 0.717) is 5.56 Å². The molecular formula is C12H10FNO2. The van der Waals surface area contributed by atoms with E-state index < -0.39 is 11.8 Å². The Labute approximate surface area is 91.9 Å². The first-order valence-electron chi connectivity index (χ1n) is 4.74. The molecule has 2 aromatic rings. The Hall–Kier alpha value is -2.10. The van der Waals surface area contributed by atoms with E-state index in [4.69, 9.17) is 0 Å². The van der Waals surface area contributed by atoms with Crippen LogP contribution in [-0.4, -0.2) is 18.1 Å². The Kier molecular flexibility index (Phi) is 2.72. The third-order valence-corrected chi connectivity index (χ3v) is 2.28. The fraction of sp³-hybridized carbons (Fsp3) is 0.0833. The number of benzene rings is 1. The van der Waals surface area contributed by atoms with E-state index in [-0.39, 0.29) is 5.56 Å². The second kappa shape index (κ2) is 4.18. The van der Waals surface area contributed by atoms with E-state index in [1.807, 2.05) is 12.1 Å². The van der Waals surface area contributed by atoms with E-state index in [9.17, 15) is 9.18 Å². The summed E-state index contributed by atoms with van der Waals surface area (Å²) in [5, 5.41) is 0. The molecule has 0 spiro atoms. The van der Waals surface area contributed by atoms with Crippen LogP contribution in [0.25, 0.3) is 11.3 Å². The van der Waals surface area contributed by atoms with Gasteiger partial charge in [-0.2, -0.15) is 0 Å². The van der Waals surface area contributed by atoms with Gasteiger partial charge in [-0.1, -0.05) is 6.07 Å². The van der Waals surface area contributed by atoms with Crippen molar-refractivity contribution in [2.75, 3.05) is 7.11 Å². The Bertz CT molecular complexity index is 506. The number of hydrogen-bond donors (Lipinski definition) is 1. The van der Waals surface area contributed by atoms with Crippen molar-refractivity contribution in [3.05, 3.63) is 47.9 Å². The van der Waals surface area contributed by atoms with Gasteiger partial charge < -0.3 is 9.72 Å². The molecule has 1 aromatic heterocycles. The second-order valence-corrected chi connectivity index (χ2v) is 3.27. The minimum atomic E-state index is -0.671. The molecule has 1 N–H and O–H groups in total. The Balaban J connectivity index is 2.41. The maximum Gasteiger partial charge on any atom is 0.340 e. The molecule has 0 radical (unpaired) electrons. The monoisotopic (exact) mass is 219 g/mol. The number of hydrogen-bond acceptors (Lipinski definition) is 2. The molecule has 16 heavy (non-hydrogen) atoms. The van der Waals surface area contributed by atoms with Gasteiger partial charge in [0.1, 0.15) is 5.82 Å². The van der Waals surface area contributed by atoms with Crippen LogP contribution in [0.5, 0.6) is 0 Å². The molecule has 3 nitrogen and oxygen atoms in total. The number of H-pyrrole nitrogens is 1. The minimum Gasteiger partial charge on any atom is -0.465 e. The van der Waals surface area contributed by atoms with Crippen LogP contribution in [0.2, 0.25) is 0 Å². The lowest BCUT2D eigenvalue weighted by atomic mass is 10.1. The van der Waals surface area contributed by atoms with Crippen LogP contribution in [0.15, 0.2) is 36.5 Å². The third-order valence-electron chi connectivity index (χ3n) is 2.28. The lowest BCUT2D eigenvalue weighted by Crippen LogP contribution is -2.04. The van der Waals surface area contributed by atoms with Crippen LogP contribution in [0.3, 0.4) is 0 Å². The summed E-state index contributed by atoms with van der Waals surface area (Å²) in [7, 11) is 1.22. The molecule has 0 bridgehead atoms. The molecular weight excluding hydrogens is 209 g/mol. The Morgan fingerprint density at radius 1 is 1.38 bits per heavy atom. The molecule has 0 fully saturated rings. The number of aromatic amines is 1. The van der Waals surface area contributed by atoms with Gasteiger partial charge in [0.05, 0.1) is 12.7 Å². The van der Waals surface area contributed by atoms with E-state index in [2.05, 4.69) is 9.72 Å². The van der Waals surface area contributed by atoms with Gasteiger partial charge >= 0.3 is 5.97 Å². The number of halogens is 1. The highest BCUT2D eigenvalue weighted by Gasteiger charge is 2.12. The molecule has 0 amide bonds. The van der Waals surface area contributed by atoms with Crippen LogP contribution in [0.4, 0.5) is 4.39 Å². The third kappa shape index (κ3) is 1.82. The zero-order chi connectivity index (χ0) is 11.5. The first-order valence-corrected chi connectivity index (χ1v) is 4.74. The van der Waals surface area contributed by atoms with Crippen LogP contribution in [0, 0.1) is 5.82 Å². The fourth-order valence-electron chi connectivity index (χ4n) is 1.47. The molecule has 0 atom stereocenters. The van der Waals surface area contributed by atoms with Gasteiger partial charge in [0, 0.05) is 17.5 Å². The fourth-order valence-corrected chi connectivity index (χ4v) is 1.47. The normalized spacial score (nSPS) is 10.1. The molecule has 0 aliphatic heterocycles. The number of carbonyl (C=O) groups excluding carboxylic acids is 1. The van der Waals surface area contributed by atoms with Crippen molar-refractivity contribution in [1.29, 1.82) is 0 Å². The van der Waals surface area contributed by atoms with Gasteiger partial charge in [0.15, 0.2) is 0 Å². The van der Waals surface area contributed by atoms with Crippen LogP contribution in [-0.2, 0) is 4.74 Å². The molecule has 0 unspecified atom stereocenters. The summed E-state index contributed by atoms with van der Waals surface area (Å²) in [5.41, 5.74) is 1.43. The molecule has 0 saturated heterocycles. The Morgan fingerprint density at radius 2 is 2.19 bits per heavy atom. The summed E-state index contributed by atoms with van der Waals surface area (Å²) < 4.78 is 18.0. The number of ether oxygens (including phenoxy) is 1. The molecule has 4 heteroatoms. The maximum atomic E-state index is 13.6. The summed E-state index contributed by atoms with van der Waals surface area (Å²) in [5.74, 6) is -1.26. The highest BCUT2D eigenvalue weighted by atomic mass is 19.1. The van der Waals surface area contributed by atoms with Gasteiger partial charge in [0.2, 0.25) is 0 Å². The zero-order valence-electron chi connectivity index (χ0n) is 8.66. The zero-order valence-corrected chi connectivity index (χ0v) is 8.66.